The summed E-state index contributed by atoms with van der Waals surface area (Å²) in [6, 6.07) is 0.999. The Bertz CT molecular complexity index is 580. The van der Waals surface area contributed by atoms with Crippen LogP contribution in [-0.4, -0.2) is 19.9 Å². The van der Waals surface area contributed by atoms with Gasteiger partial charge >= 0.3 is 0 Å². The maximum atomic E-state index is 11.9. The van der Waals surface area contributed by atoms with Gasteiger partial charge in [0.15, 0.2) is 4.34 Å². The molecule has 19 heavy (non-hydrogen) atoms. The van der Waals surface area contributed by atoms with Crippen LogP contribution in [0.15, 0.2) is 10.3 Å². The van der Waals surface area contributed by atoms with Crippen molar-refractivity contribution in [1.82, 2.24) is 4.72 Å². The highest BCUT2D eigenvalue weighted by Crippen LogP contribution is 2.36. The smallest absolute Gasteiger partial charge is 0.258 e. The van der Waals surface area contributed by atoms with Crippen LogP contribution >= 0.6 is 22.9 Å². The van der Waals surface area contributed by atoms with Crippen LogP contribution in [0.5, 0.6) is 0 Å². The highest BCUT2D eigenvalue weighted by atomic mass is 35.5. The first-order chi connectivity index (χ1) is 8.90. The lowest BCUT2D eigenvalue weighted by Gasteiger charge is -2.24. The second-order valence-corrected chi connectivity index (χ2v) is 8.11. The van der Waals surface area contributed by atoms with E-state index in [9.17, 15) is 18.5 Å². The van der Waals surface area contributed by atoms with E-state index in [1.165, 1.54) is 6.42 Å². The van der Waals surface area contributed by atoms with Gasteiger partial charge in [0.25, 0.3) is 5.69 Å². The average molecular weight is 325 g/mol. The summed E-state index contributed by atoms with van der Waals surface area (Å²) in [6.07, 6.45) is 4.32. The van der Waals surface area contributed by atoms with Gasteiger partial charge in [-0.1, -0.05) is 30.9 Å². The molecule has 1 aromatic heterocycles. The van der Waals surface area contributed by atoms with Crippen LogP contribution in [0, 0.1) is 16.0 Å². The van der Waals surface area contributed by atoms with Gasteiger partial charge in [0.1, 0.15) is 4.21 Å². The average Bonchev–Trinajstić information content (AvgIpc) is 2.65. The molecule has 2 rings (SSSR count). The fourth-order valence-corrected chi connectivity index (χ4v) is 4.60. The van der Waals surface area contributed by atoms with Crippen LogP contribution < -0.4 is 4.72 Å². The van der Waals surface area contributed by atoms with Crippen LogP contribution in [0.1, 0.15) is 25.7 Å². The molecule has 9 heteroatoms. The molecule has 1 aliphatic rings. The molecule has 1 N–H and O–H groups in total. The monoisotopic (exact) mass is 324 g/mol. The molecule has 106 valence electrons. The van der Waals surface area contributed by atoms with Gasteiger partial charge in [0.2, 0.25) is 10.0 Å². The minimum atomic E-state index is -3.70. The van der Waals surface area contributed by atoms with E-state index < -0.39 is 14.9 Å². The predicted molar refractivity (Wildman–Crippen MR) is 73.1 cm³/mol. The second-order valence-electron chi connectivity index (χ2n) is 4.46. The Morgan fingerprint density at radius 1 is 1.53 bits per heavy atom. The summed E-state index contributed by atoms with van der Waals surface area (Å²) in [5.41, 5.74) is -0.369. The molecular weight excluding hydrogens is 312 g/mol. The van der Waals surface area contributed by atoms with Crippen molar-refractivity contribution in [1.29, 1.82) is 0 Å². The van der Waals surface area contributed by atoms with Gasteiger partial charge < -0.3 is 0 Å². The molecule has 1 fully saturated rings. The molecule has 1 heterocycles. The number of rotatable bonds is 6. The highest BCUT2D eigenvalue weighted by molar-refractivity contribution is 7.91. The Kier molecular flexibility index (Phi) is 4.44. The highest BCUT2D eigenvalue weighted by Gasteiger charge is 2.25. The van der Waals surface area contributed by atoms with E-state index in [1.807, 2.05) is 0 Å². The van der Waals surface area contributed by atoms with E-state index in [1.54, 1.807) is 0 Å². The molecule has 0 aromatic carbocycles. The third kappa shape index (κ3) is 3.44. The van der Waals surface area contributed by atoms with Gasteiger partial charge in [-0.05, 0) is 12.3 Å². The zero-order valence-corrected chi connectivity index (χ0v) is 12.4. The lowest BCUT2D eigenvalue weighted by atomic mass is 9.83. The van der Waals surface area contributed by atoms with Gasteiger partial charge in [-0.15, -0.1) is 11.3 Å². The van der Waals surface area contributed by atoms with Gasteiger partial charge in [0.05, 0.1) is 4.92 Å². The topological polar surface area (TPSA) is 89.3 Å². The fourth-order valence-electron chi connectivity index (χ4n) is 1.85. The third-order valence-corrected chi connectivity index (χ3v) is 6.45. The van der Waals surface area contributed by atoms with Crippen molar-refractivity contribution in [3.63, 3.8) is 0 Å². The number of thiophene rings is 1. The maximum absolute atomic E-state index is 11.9. The molecular formula is C10H13ClN2O4S2. The van der Waals surface area contributed by atoms with E-state index in [2.05, 4.69) is 4.72 Å². The molecule has 0 saturated heterocycles. The first-order valence-electron chi connectivity index (χ1n) is 5.83. The molecule has 0 spiro atoms. The van der Waals surface area contributed by atoms with Crippen molar-refractivity contribution in [2.24, 2.45) is 5.92 Å². The molecule has 0 bridgehead atoms. The van der Waals surface area contributed by atoms with E-state index in [4.69, 9.17) is 11.6 Å². The van der Waals surface area contributed by atoms with E-state index in [0.717, 1.165) is 25.3 Å². The van der Waals surface area contributed by atoms with Crippen molar-refractivity contribution in [2.45, 2.75) is 29.9 Å². The molecule has 1 saturated carbocycles. The van der Waals surface area contributed by atoms with E-state index in [0.29, 0.717) is 23.8 Å². The first-order valence-corrected chi connectivity index (χ1v) is 8.51. The quantitative estimate of drug-likeness (QED) is 0.643. The Hall–Kier alpha value is -0.700. The molecule has 0 radical (unpaired) electrons. The number of sulfonamides is 1. The van der Waals surface area contributed by atoms with Gasteiger partial charge in [-0.25, -0.2) is 13.1 Å². The number of hydrogen-bond acceptors (Lipinski definition) is 5. The second kappa shape index (κ2) is 5.74. The molecule has 0 atom stereocenters. The van der Waals surface area contributed by atoms with Gasteiger partial charge in [-0.2, -0.15) is 0 Å². The van der Waals surface area contributed by atoms with Crippen LogP contribution in [0.25, 0.3) is 0 Å². The van der Waals surface area contributed by atoms with Crippen molar-refractivity contribution in [3.05, 3.63) is 20.5 Å². The normalized spacial score (nSPS) is 16.3. The summed E-state index contributed by atoms with van der Waals surface area (Å²) < 4.78 is 26.1. The lowest BCUT2D eigenvalue weighted by molar-refractivity contribution is -0.384. The Morgan fingerprint density at radius 2 is 2.21 bits per heavy atom. The fraction of sp³-hybridized carbons (Fsp3) is 0.600. The van der Waals surface area contributed by atoms with Gasteiger partial charge in [-0.3, -0.25) is 10.1 Å². The largest absolute Gasteiger partial charge is 0.300 e. The minimum Gasteiger partial charge on any atom is -0.258 e. The van der Waals surface area contributed by atoms with E-state index in [-0.39, 0.29) is 14.2 Å². The number of halogens is 1. The van der Waals surface area contributed by atoms with Crippen molar-refractivity contribution < 1.29 is 13.3 Å². The van der Waals surface area contributed by atoms with Gasteiger partial charge in [0, 0.05) is 12.6 Å². The molecule has 1 aromatic rings. The third-order valence-electron chi connectivity index (χ3n) is 3.18. The lowest BCUT2D eigenvalue weighted by Crippen LogP contribution is -2.27. The Balaban J connectivity index is 2.01. The summed E-state index contributed by atoms with van der Waals surface area (Å²) >= 11 is 6.35. The summed E-state index contributed by atoms with van der Waals surface area (Å²) in [6.45, 7) is 0.357. The summed E-state index contributed by atoms with van der Waals surface area (Å²) in [5, 5.41) is 10.6. The minimum absolute atomic E-state index is 0.113. The Morgan fingerprint density at radius 3 is 2.68 bits per heavy atom. The first kappa shape index (κ1) is 14.7. The SMILES string of the molecule is O=[N+]([O-])c1cc(S(=O)(=O)NCCC2CCC2)sc1Cl. The molecule has 1 aliphatic carbocycles. The zero-order chi connectivity index (χ0) is 14.0. The number of nitro groups is 1. The summed E-state index contributed by atoms with van der Waals surface area (Å²) in [5.74, 6) is 0.601. The summed E-state index contributed by atoms with van der Waals surface area (Å²) in [4.78, 5) is 9.94. The van der Waals surface area contributed by atoms with Crippen LogP contribution in [0.2, 0.25) is 4.34 Å². The molecule has 0 unspecified atom stereocenters. The number of nitrogens with one attached hydrogen (secondary N) is 1. The van der Waals surface area contributed by atoms with Crippen molar-refractivity contribution in [2.75, 3.05) is 6.54 Å². The predicted octanol–water partition coefficient (Wildman–Crippen LogP) is 2.78. The standard InChI is InChI=1S/C10H13ClN2O4S2/c11-10-8(13(14)15)6-9(18-10)19(16,17)12-5-4-7-2-1-3-7/h6-7,12H,1-5H2. The maximum Gasteiger partial charge on any atom is 0.300 e. The van der Waals surface area contributed by atoms with E-state index >= 15 is 0 Å². The molecule has 6 nitrogen and oxygen atoms in total. The summed E-state index contributed by atoms with van der Waals surface area (Å²) in [7, 11) is -3.70. The number of hydrogen-bond donors (Lipinski definition) is 1. The van der Waals surface area contributed by atoms with Crippen molar-refractivity contribution >= 4 is 38.6 Å². The Labute approximate surface area is 120 Å². The van der Waals surface area contributed by atoms with Crippen molar-refractivity contribution in [3.8, 4) is 0 Å². The molecule has 0 aliphatic heterocycles. The number of nitrogens with zero attached hydrogens (tertiary/aromatic N) is 1. The zero-order valence-electron chi connectivity index (χ0n) is 9.96. The van der Waals surface area contributed by atoms with Crippen LogP contribution in [0.4, 0.5) is 5.69 Å². The van der Waals surface area contributed by atoms with Crippen LogP contribution in [0.3, 0.4) is 0 Å². The van der Waals surface area contributed by atoms with Crippen LogP contribution in [-0.2, 0) is 10.0 Å². The molecule has 0 amide bonds.